The first-order valence-corrected chi connectivity index (χ1v) is 18.2. The quantitative estimate of drug-likeness (QED) is 0.210. The van der Waals surface area contributed by atoms with Crippen LogP contribution in [0.1, 0.15) is 96.4 Å². The van der Waals surface area contributed by atoms with Gasteiger partial charge in [-0.15, -0.1) is 33.7 Å². The van der Waals surface area contributed by atoms with E-state index >= 15 is 0 Å². The van der Waals surface area contributed by atoms with E-state index in [0.29, 0.717) is 17.8 Å². The van der Waals surface area contributed by atoms with E-state index in [-0.39, 0.29) is 5.41 Å². The maximum atomic E-state index is 3.97. The second-order valence-electron chi connectivity index (χ2n) is 13.6. The van der Waals surface area contributed by atoms with Gasteiger partial charge in [-0.2, -0.15) is 0 Å². The third kappa shape index (κ3) is 6.40. The van der Waals surface area contributed by atoms with Gasteiger partial charge in [0.15, 0.2) is 0 Å². The van der Waals surface area contributed by atoms with Crippen molar-refractivity contribution in [1.82, 2.24) is 0 Å². The number of fused-ring (bicyclic) bond motifs is 2. The molecule has 3 aromatic carbocycles. The third-order valence-corrected chi connectivity index (χ3v) is 11.4. The molecule has 0 heterocycles. The van der Waals surface area contributed by atoms with Crippen molar-refractivity contribution in [2.75, 3.05) is 0 Å². The summed E-state index contributed by atoms with van der Waals surface area (Å²) in [5.41, 5.74) is 13.1. The van der Waals surface area contributed by atoms with Gasteiger partial charge in [-0.1, -0.05) is 114 Å². The standard InChI is InChI=1S/C31H39.C13H10.Zr/c1-9-22-15-24-17-27-26(29(24)25(16-22)19(3)4)18-28(20(5)6)31(10-2,21(7)8)30(27)23-13-11-12-14-23;1-3-7-12(8-4-1)11-13-9-5-2-6-10-13;/h11-13,15-16,18-21H,9-10,14H2,1-8H3;1-10H;/q-1;;. The molecule has 1 unspecified atom stereocenters. The predicted octanol–water partition coefficient (Wildman–Crippen LogP) is 9.83. The van der Waals surface area contributed by atoms with E-state index in [4.69, 9.17) is 0 Å². The molecule has 230 valence electrons. The van der Waals surface area contributed by atoms with E-state index in [2.05, 4.69) is 159 Å². The summed E-state index contributed by atoms with van der Waals surface area (Å²) in [6.07, 6.45) is 16.7. The fourth-order valence-corrected chi connectivity index (χ4v) is 8.47. The first kappa shape index (κ1) is 33.5. The van der Waals surface area contributed by atoms with Crippen LogP contribution >= 0.6 is 0 Å². The molecule has 0 saturated carbocycles. The fraction of sp³-hybridized carbons (Fsp3) is 0.341. The van der Waals surface area contributed by atoms with Crippen LogP contribution in [0, 0.1) is 17.3 Å². The second-order valence-corrected chi connectivity index (χ2v) is 14.8. The number of hydrogen-bond donors (Lipinski definition) is 0. The molecular weight excluding hydrogens is 620 g/mol. The topological polar surface area (TPSA) is 0 Å². The molecule has 0 fully saturated rings. The van der Waals surface area contributed by atoms with Gasteiger partial charge in [0.1, 0.15) is 0 Å². The van der Waals surface area contributed by atoms with Crippen LogP contribution < -0.4 is 10.4 Å². The van der Waals surface area contributed by atoms with Crippen LogP contribution in [-0.4, -0.2) is 3.21 Å². The normalized spacial score (nSPS) is 18.4. The van der Waals surface area contributed by atoms with Crippen molar-refractivity contribution in [2.24, 2.45) is 17.3 Å². The zero-order chi connectivity index (χ0) is 32.3. The summed E-state index contributed by atoms with van der Waals surface area (Å²) in [6.45, 7) is 18.9. The summed E-state index contributed by atoms with van der Waals surface area (Å²) in [6, 6.07) is 25.9. The Labute approximate surface area is 287 Å². The van der Waals surface area contributed by atoms with Crippen LogP contribution in [0.15, 0.2) is 119 Å². The Morgan fingerprint density at radius 3 is 1.93 bits per heavy atom. The zero-order valence-electron chi connectivity index (χ0n) is 28.6. The van der Waals surface area contributed by atoms with Crippen molar-refractivity contribution in [1.29, 1.82) is 0 Å². The first-order chi connectivity index (χ1) is 21.6. The molecule has 45 heavy (non-hydrogen) atoms. The average Bonchev–Trinajstić information content (AvgIpc) is 3.72. The van der Waals surface area contributed by atoms with Gasteiger partial charge >= 0.3 is 99.2 Å². The van der Waals surface area contributed by atoms with Gasteiger partial charge in [-0.25, -0.2) is 0 Å². The molecule has 0 spiro atoms. The molecule has 3 aromatic rings. The summed E-state index contributed by atoms with van der Waals surface area (Å²) in [7, 11) is 0. The Hall–Kier alpha value is -2.89. The van der Waals surface area contributed by atoms with Crippen LogP contribution in [0.5, 0.6) is 0 Å². The third-order valence-electron chi connectivity index (χ3n) is 9.95. The van der Waals surface area contributed by atoms with Gasteiger partial charge in [0.05, 0.1) is 0 Å². The number of aryl methyl sites for hydroxylation is 1. The van der Waals surface area contributed by atoms with E-state index < -0.39 is 0 Å². The van der Waals surface area contributed by atoms with Crippen molar-refractivity contribution in [2.45, 2.75) is 80.6 Å². The van der Waals surface area contributed by atoms with E-state index in [1.165, 1.54) is 76.9 Å². The second kappa shape index (κ2) is 14.3. The summed E-state index contributed by atoms with van der Waals surface area (Å²) >= 11 is 1.46. The minimum absolute atomic E-state index is 0.0749. The van der Waals surface area contributed by atoms with Gasteiger partial charge in [-0.3, -0.25) is 0 Å². The van der Waals surface area contributed by atoms with Gasteiger partial charge in [-0.05, 0) is 42.4 Å². The molecule has 1 atom stereocenters. The maximum absolute atomic E-state index is 3.97. The molecule has 0 N–H and O–H groups in total. The Kier molecular flexibility index (Phi) is 10.6. The Bertz CT molecular complexity index is 1770. The monoisotopic (exact) mass is 667 g/mol. The van der Waals surface area contributed by atoms with Crippen LogP contribution in [0.3, 0.4) is 0 Å². The van der Waals surface area contributed by atoms with Gasteiger partial charge in [0.25, 0.3) is 0 Å². The molecule has 0 bridgehead atoms. The molecule has 0 saturated heterocycles. The predicted molar refractivity (Wildman–Crippen MR) is 191 cm³/mol. The summed E-state index contributed by atoms with van der Waals surface area (Å²) in [5, 5.41) is 2.75. The number of allylic oxidation sites excluding steroid dienone is 8. The Morgan fingerprint density at radius 2 is 1.47 bits per heavy atom. The molecule has 0 radical (unpaired) electrons. The molecular formula is C44H49Zr-. The van der Waals surface area contributed by atoms with E-state index in [9.17, 15) is 0 Å². The number of rotatable bonds is 8. The average molecular weight is 669 g/mol. The molecule has 3 aliphatic carbocycles. The fourth-order valence-electron chi connectivity index (χ4n) is 7.65. The Balaban J connectivity index is 0.000000238. The number of benzene rings is 3. The Morgan fingerprint density at radius 1 is 0.844 bits per heavy atom. The van der Waals surface area contributed by atoms with Gasteiger partial charge < -0.3 is 0 Å². The molecule has 3 aliphatic rings. The van der Waals surface area contributed by atoms with Crippen molar-refractivity contribution in [3.05, 3.63) is 152 Å². The summed E-state index contributed by atoms with van der Waals surface area (Å²) in [4.78, 5) is 0. The molecule has 0 aliphatic heterocycles. The summed E-state index contributed by atoms with van der Waals surface area (Å²) in [5.74, 6) is 1.56. The first-order valence-electron chi connectivity index (χ1n) is 17.0. The van der Waals surface area contributed by atoms with Crippen molar-refractivity contribution in [3.8, 4) is 0 Å². The number of hydrogen-bond acceptors (Lipinski definition) is 0. The van der Waals surface area contributed by atoms with Crippen LogP contribution in [0.4, 0.5) is 0 Å². The van der Waals surface area contributed by atoms with Crippen molar-refractivity contribution in [3.63, 3.8) is 0 Å². The van der Waals surface area contributed by atoms with E-state index in [0.717, 1.165) is 19.3 Å². The van der Waals surface area contributed by atoms with Crippen molar-refractivity contribution < 1.29 is 24.2 Å². The molecule has 0 nitrogen and oxygen atoms in total. The molecule has 0 aromatic heterocycles. The molecule has 1 heteroatoms. The SMILES string of the molecule is CCc1cc(C(C)C)c2c(c1)=[C-]C1=C(C3=CC=CC3)C(CC)(C(C)C)C(C(C)C)=CC=21.[Zr]=[C](c1ccccc1)c1ccccc1. The van der Waals surface area contributed by atoms with Crippen LogP contribution in [0.25, 0.3) is 11.6 Å². The van der Waals surface area contributed by atoms with Gasteiger partial charge in [0, 0.05) is 0 Å². The molecule has 0 amide bonds. The minimum atomic E-state index is 0.0749. The van der Waals surface area contributed by atoms with Crippen LogP contribution in [-0.2, 0) is 30.7 Å². The molecule has 6 rings (SSSR count). The zero-order valence-corrected chi connectivity index (χ0v) is 31.0. The van der Waals surface area contributed by atoms with Gasteiger partial charge in [0.2, 0.25) is 0 Å². The van der Waals surface area contributed by atoms with Crippen LogP contribution in [0.2, 0.25) is 0 Å². The van der Waals surface area contributed by atoms with E-state index in [1.54, 1.807) is 11.1 Å². The van der Waals surface area contributed by atoms with Crippen molar-refractivity contribution >= 4 is 14.9 Å². The van der Waals surface area contributed by atoms with E-state index in [1.807, 2.05) is 0 Å². The summed E-state index contributed by atoms with van der Waals surface area (Å²) < 4.78 is 1.42.